The van der Waals surface area contributed by atoms with Crippen LogP contribution in [0.2, 0.25) is 0 Å². The van der Waals surface area contributed by atoms with Crippen LogP contribution in [0.15, 0.2) is 54.6 Å². The number of aromatic nitrogens is 2. The van der Waals surface area contributed by atoms with Gasteiger partial charge in [-0.05, 0) is 58.0 Å². The van der Waals surface area contributed by atoms with E-state index in [0.717, 1.165) is 29.9 Å². The number of aliphatic hydroxyl groups is 1. The fraction of sp³-hybridized carbons (Fsp3) is 0.423. The van der Waals surface area contributed by atoms with Crippen molar-refractivity contribution in [3.63, 3.8) is 0 Å². The van der Waals surface area contributed by atoms with Crippen molar-refractivity contribution >= 4 is 0 Å². The second-order valence-corrected chi connectivity index (χ2v) is 8.42. The van der Waals surface area contributed by atoms with Gasteiger partial charge in [0, 0.05) is 13.1 Å². The van der Waals surface area contributed by atoms with E-state index in [-0.39, 0.29) is 18.5 Å². The Morgan fingerprint density at radius 2 is 1.79 bits per heavy atom. The molecule has 1 N–H and O–H groups in total. The summed E-state index contributed by atoms with van der Waals surface area (Å²) in [6, 6.07) is 16.0. The zero-order chi connectivity index (χ0) is 23.8. The standard InChI is InChI=1S/C26H34FN3O3/c1-5-15-29(16-22(31)18-32-19(2)3)17-23-20(4)28-30(21-11-7-6-8-12-21)26(23)33-25-14-10-9-13-24(25)27/h6-14,19,22,31H,5,15-18H2,1-4H3/t22-/m1/s1. The van der Waals surface area contributed by atoms with Gasteiger partial charge in [-0.25, -0.2) is 9.07 Å². The zero-order valence-corrected chi connectivity index (χ0v) is 19.9. The Labute approximate surface area is 195 Å². The number of aliphatic hydroxyl groups excluding tert-OH is 1. The molecule has 178 valence electrons. The minimum absolute atomic E-state index is 0.0615. The van der Waals surface area contributed by atoms with Crippen LogP contribution in [0.4, 0.5) is 4.39 Å². The molecule has 3 rings (SSSR count). The third-order valence-electron chi connectivity index (χ3n) is 5.19. The molecule has 1 heterocycles. The summed E-state index contributed by atoms with van der Waals surface area (Å²) in [4.78, 5) is 2.15. The predicted octanol–water partition coefficient (Wildman–Crippen LogP) is 5.11. The molecule has 0 saturated carbocycles. The van der Waals surface area contributed by atoms with E-state index in [9.17, 15) is 9.50 Å². The normalized spacial score (nSPS) is 12.5. The number of hydrogen-bond acceptors (Lipinski definition) is 5. The lowest BCUT2D eigenvalue weighted by molar-refractivity contribution is -0.00957. The zero-order valence-electron chi connectivity index (χ0n) is 19.9. The average molecular weight is 456 g/mol. The van der Waals surface area contributed by atoms with Crippen molar-refractivity contribution in [1.29, 1.82) is 0 Å². The van der Waals surface area contributed by atoms with Gasteiger partial charge in [0.15, 0.2) is 11.6 Å². The van der Waals surface area contributed by atoms with Crippen molar-refractivity contribution in [2.24, 2.45) is 0 Å². The molecular formula is C26H34FN3O3. The molecule has 33 heavy (non-hydrogen) atoms. The van der Waals surface area contributed by atoms with Crippen LogP contribution >= 0.6 is 0 Å². The van der Waals surface area contributed by atoms with Gasteiger partial charge >= 0.3 is 0 Å². The van der Waals surface area contributed by atoms with Crippen LogP contribution in [0, 0.1) is 12.7 Å². The third kappa shape index (κ3) is 6.87. The highest BCUT2D eigenvalue weighted by atomic mass is 19.1. The second kappa shape index (κ2) is 11.9. The SMILES string of the molecule is CCCN(Cc1c(C)nn(-c2ccccc2)c1Oc1ccccc1F)C[C@@H](O)COC(C)C. The monoisotopic (exact) mass is 455 g/mol. The summed E-state index contributed by atoms with van der Waals surface area (Å²) in [5, 5.41) is 15.2. The van der Waals surface area contributed by atoms with Crippen molar-refractivity contribution in [2.45, 2.75) is 52.9 Å². The summed E-state index contributed by atoms with van der Waals surface area (Å²) < 4.78 is 27.8. The lowest BCUT2D eigenvalue weighted by Gasteiger charge is -2.25. The second-order valence-electron chi connectivity index (χ2n) is 8.42. The van der Waals surface area contributed by atoms with Crippen LogP contribution in [-0.4, -0.2) is 51.7 Å². The maximum Gasteiger partial charge on any atom is 0.227 e. The molecule has 3 aromatic rings. The summed E-state index contributed by atoms with van der Waals surface area (Å²) in [6.07, 6.45) is 0.374. The summed E-state index contributed by atoms with van der Waals surface area (Å²) in [7, 11) is 0. The van der Waals surface area contributed by atoms with Crippen LogP contribution in [0.5, 0.6) is 11.6 Å². The number of nitrogens with zero attached hydrogens (tertiary/aromatic N) is 3. The molecule has 0 fully saturated rings. The first kappa shape index (κ1) is 24.9. The number of hydrogen-bond donors (Lipinski definition) is 1. The van der Waals surface area contributed by atoms with E-state index in [1.165, 1.54) is 6.07 Å². The molecule has 0 saturated heterocycles. The molecule has 0 bridgehead atoms. The van der Waals surface area contributed by atoms with Crippen LogP contribution in [-0.2, 0) is 11.3 Å². The first-order valence-corrected chi connectivity index (χ1v) is 11.5. The molecule has 7 heteroatoms. The van der Waals surface area contributed by atoms with Gasteiger partial charge in [-0.3, -0.25) is 4.90 Å². The molecule has 1 aromatic heterocycles. The molecule has 0 amide bonds. The van der Waals surface area contributed by atoms with Crippen molar-refractivity contribution in [3.05, 3.63) is 71.7 Å². The fourth-order valence-electron chi connectivity index (χ4n) is 3.63. The molecule has 1 atom stereocenters. The fourth-order valence-corrected chi connectivity index (χ4v) is 3.63. The van der Waals surface area contributed by atoms with Crippen molar-refractivity contribution < 1.29 is 19.0 Å². The maximum atomic E-state index is 14.4. The van der Waals surface area contributed by atoms with E-state index in [0.29, 0.717) is 19.0 Å². The molecule has 0 unspecified atom stereocenters. The van der Waals surface area contributed by atoms with E-state index in [4.69, 9.17) is 14.6 Å². The van der Waals surface area contributed by atoms with Gasteiger partial charge in [0.25, 0.3) is 0 Å². The minimum atomic E-state index is -0.612. The Kier molecular flexibility index (Phi) is 9.00. The molecule has 0 spiro atoms. The number of aryl methyl sites for hydroxylation is 1. The maximum absolute atomic E-state index is 14.4. The van der Waals surface area contributed by atoms with Crippen LogP contribution < -0.4 is 4.74 Å². The Hall–Kier alpha value is -2.74. The smallest absolute Gasteiger partial charge is 0.227 e. The Morgan fingerprint density at radius 3 is 2.45 bits per heavy atom. The Balaban J connectivity index is 1.93. The first-order valence-electron chi connectivity index (χ1n) is 11.5. The number of benzene rings is 2. The van der Waals surface area contributed by atoms with Gasteiger partial charge in [0.2, 0.25) is 5.88 Å². The molecular weight excluding hydrogens is 421 g/mol. The highest BCUT2D eigenvalue weighted by Gasteiger charge is 2.23. The predicted molar refractivity (Wildman–Crippen MR) is 127 cm³/mol. The molecule has 0 aliphatic carbocycles. The lowest BCUT2D eigenvalue weighted by atomic mass is 10.2. The van der Waals surface area contributed by atoms with Crippen molar-refractivity contribution in [3.8, 4) is 17.3 Å². The summed E-state index contributed by atoms with van der Waals surface area (Å²) >= 11 is 0. The highest BCUT2D eigenvalue weighted by Crippen LogP contribution is 2.32. The van der Waals surface area contributed by atoms with Crippen LogP contribution in [0.1, 0.15) is 38.4 Å². The largest absolute Gasteiger partial charge is 0.435 e. The minimum Gasteiger partial charge on any atom is -0.435 e. The third-order valence-corrected chi connectivity index (χ3v) is 5.19. The van der Waals surface area contributed by atoms with Gasteiger partial charge < -0.3 is 14.6 Å². The lowest BCUT2D eigenvalue weighted by Crippen LogP contribution is -2.35. The van der Waals surface area contributed by atoms with Gasteiger partial charge in [0.05, 0.1) is 35.8 Å². The molecule has 0 aliphatic heterocycles. The van der Waals surface area contributed by atoms with Crippen LogP contribution in [0.3, 0.4) is 0 Å². The molecule has 2 aromatic carbocycles. The summed E-state index contributed by atoms with van der Waals surface area (Å²) in [5.41, 5.74) is 2.47. The van der Waals surface area contributed by atoms with Crippen LogP contribution in [0.25, 0.3) is 5.69 Å². The number of para-hydroxylation sites is 2. The van der Waals surface area contributed by atoms with Gasteiger partial charge in [-0.2, -0.15) is 5.10 Å². The summed E-state index contributed by atoms with van der Waals surface area (Å²) in [5.74, 6) is 0.176. The average Bonchev–Trinajstić information content (AvgIpc) is 3.09. The van der Waals surface area contributed by atoms with E-state index in [1.807, 2.05) is 51.1 Å². The van der Waals surface area contributed by atoms with Gasteiger partial charge in [0.1, 0.15) is 0 Å². The quantitative estimate of drug-likeness (QED) is 0.411. The van der Waals surface area contributed by atoms with Gasteiger partial charge in [-0.15, -0.1) is 0 Å². The molecule has 6 nitrogen and oxygen atoms in total. The number of rotatable bonds is 12. The number of halogens is 1. The molecule has 0 radical (unpaired) electrons. The first-order chi connectivity index (χ1) is 15.9. The van der Waals surface area contributed by atoms with Crippen molar-refractivity contribution in [1.82, 2.24) is 14.7 Å². The van der Waals surface area contributed by atoms with E-state index in [1.54, 1.807) is 22.9 Å². The van der Waals surface area contributed by atoms with E-state index >= 15 is 0 Å². The van der Waals surface area contributed by atoms with E-state index < -0.39 is 11.9 Å². The van der Waals surface area contributed by atoms with Crippen molar-refractivity contribution in [2.75, 3.05) is 19.7 Å². The summed E-state index contributed by atoms with van der Waals surface area (Å²) in [6.45, 7) is 9.94. The Morgan fingerprint density at radius 1 is 1.09 bits per heavy atom. The topological polar surface area (TPSA) is 59.8 Å². The number of ether oxygens (including phenoxy) is 2. The highest BCUT2D eigenvalue weighted by molar-refractivity contribution is 5.43. The molecule has 0 aliphatic rings. The Bertz CT molecular complexity index is 1010. The van der Waals surface area contributed by atoms with E-state index in [2.05, 4.69) is 11.8 Å². The van der Waals surface area contributed by atoms with Gasteiger partial charge in [-0.1, -0.05) is 37.3 Å².